The van der Waals surface area contributed by atoms with Crippen LogP contribution in [0.2, 0.25) is 0 Å². The lowest BCUT2D eigenvalue weighted by Gasteiger charge is -2.34. The van der Waals surface area contributed by atoms with Crippen LogP contribution in [0.4, 0.5) is 10.1 Å². The van der Waals surface area contributed by atoms with Crippen molar-refractivity contribution in [1.82, 2.24) is 19.8 Å². The minimum Gasteiger partial charge on any atom is -0.335 e. The first-order valence-electron chi connectivity index (χ1n) is 11.6. The summed E-state index contributed by atoms with van der Waals surface area (Å²) in [5.74, 6) is -1.18. The molecule has 0 radical (unpaired) electrons. The van der Waals surface area contributed by atoms with Gasteiger partial charge in [-0.05, 0) is 66.9 Å². The van der Waals surface area contributed by atoms with Crippen molar-refractivity contribution in [3.63, 3.8) is 0 Å². The zero-order valence-corrected chi connectivity index (χ0v) is 20.5. The largest absolute Gasteiger partial charge is 0.335 e. The van der Waals surface area contributed by atoms with E-state index >= 15 is 0 Å². The number of carbonyl (C=O) groups is 2. The van der Waals surface area contributed by atoms with Gasteiger partial charge in [-0.25, -0.2) is 9.37 Å². The highest BCUT2D eigenvalue weighted by atomic mass is 32.2. The van der Waals surface area contributed by atoms with Crippen LogP contribution in [0.3, 0.4) is 0 Å². The van der Waals surface area contributed by atoms with Gasteiger partial charge in [0.05, 0.1) is 10.4 Å². The summed E-state index contributed by atoms with van der Waals surface area (Å²) in [6, 6.07) is 18.3. The maximum atomic E-state index is 13.9. The van der Waals surface area contributed by atoms with Crippen LogP contribution in [0.25, 0.3) is 10.9 Å². The molecule has 9 heteroatoms. The maximum absolute atomic E-state index is 13.9. The third-order valence-corrected chi connectivity index (χ3v) is 7.03. The van der Waals surface area contributed by atoms with E-state index in [-0.39, 0.29) is 11.6 Å². The number of piperazine rings is 1. The Balaban J connectivity index is 1.21. The van der Waals surface area contributed by atoms with E-state index < -0.39 is 11.7 Å². The maximum Gasteiger partial charge on any atom is 0.275 e. The van der Waals surface area contributed by atoms with Crippen molar-refractivity contribution in [3.05, 3.63) is 95.7 Å². The summed E-state index contributed by atoms with van der Waals surface area (Å²) in [4.78, 5) is 38.3. The molecule has 2 aromatic carbocycles. The zero-order valence-electron chi connectivity index (χ0n) is 19.6. The number of aromatic nitrogens is 2. The normalized spacial score (nSPS) is 13.6. The van der Waals surface area contributed by atoms with Gasteiger partial charge < -0.3 is 14.5 Å². The highest BCUT2D eigenvalue weighted by Gasteiger charge is 2.27. The number of aryl methyl sites for hydroxylation is 1. The van der Waals surface area contributed by atoms with Crippen molar-refractivity contribution >= 4 is 40.4 Å². The Hall–Kier alpha value is -3.98. The van der Waals surface area contributed by atoms with Gasteiger partial charge in [0.1, 0.15) is 0 Å². The van der Waals surface area contributed by atoms with E-state index in [1.165, 1.54) is 35.2 Å². The molecule has 0 unspecified atom stereocenters. The van der Waals surface area contributed by atoms with Crippen molar-refractivity contribution in [1.29, 1.82) is 0 Å². The van der Waals surface area contributed by atoms with E-state index in [9.17, 15) is 14.0 Å². The Kier molecular flexibility index (Phi) is 6.81. The van der Waals surface area contributed by atoms with Gasteiger partial charge >= 0.3 is 0 Å². The van der Waals surface area contributed by atoms with E-state index in [0.717, 1.165) is 27.0 Å². The van der Waals surface area contributed by atoms with Gasteiger partial charge in [-0.1, -0.05) is 18.2 Å². The molecule has 0 atom stereocenters. The summed E-state index contributed by atoms with van der Waals surface area (Å²) in [7, 11) is 0. The van der Waals surface area contributed by atoms with Gasteiger partial charge in [-0.3, -0.25) is 14.6 Å². The van der Waals surface area contributed by atoms with Crippen molar-refractivity contribution in [2.75, 3.05) is 30.9 Å². The topological polar surface area (TPSA) is 78.4 Å². The number of amides is 2. The predicted molar refractivity (Wildman–Crippen MR) is 138 cm³/mol. The fourth-order valence-corrected chi connectivity index (χ4v) is 5.03. The molecule has 1 N–H and O–H groups in total. The smallest absolute Gasteiger partial charge is 0.275 e. The number of pyridine rings is 2. The number of carbonyl (C=O) groups excluding carboxylic acids is 2. The minimum absolute atomic E-state index is 0.0910. The van der Waals surface area contributed by atoms with Crippen LogP contribution >= 0.6 is 11.9 Å². The quantitative estimate of drug-likeness (QED) is 0.396. The number of anilines is 1. The number of halogens is 1. The van der Waals surface area contributed by atoms with E-state index in [2.05, 4.69) is 14.7 Å². The molecule has 5 rings (SSSR count). The second kappa shape index (κ2) is 10.3. The molecular weight excluding hydrogens is 477 g/mol. The Morgan fingerprint density at radius 3 is 2.33 bits per heavy atom. The number of nitrogens with zero attached hydrogens (tertiary/aromatic N) is 4. The number of hydrogen-bond donors (Lipinski definition) is 1. The van der Waals surface area contributed by atoms with Crippen LogP contribution in [0, 0.1) is 12.7 Å². The molecule has 4 aromatic rings. The van der Waals surface area contributed by atoms with Crippen LogP contribution in [0.1, 0.15) is 26.4 Å². The summed E-state index contributed by atoms with van der Waals surface area (Å²) in [5, 5.41) is 1.08. The Morgan fingerprint density at radius 1 is 0.889 bits per heavy atom. The second-order valence-electron chi connectivity index (χ2n) is 8.48. The molecule has 2 aromatic heterocycles. The van der Waals surface area contributed by atoms with Crippen molar-refractivity contribution in [2.45, 2.75) is 11.8 Å². The first-order valence-corrected chi connectivity index (χ1v) is 12.4. The third kappa shape index (κ3) is 4.87. The van der Waals surface area contributed by atoms with Crippen LogP contribution in [0.5, 0.6) is 0 Å². The summed E-state index contributed by atoms with van der Waals surface area (Å²) in [5.41, 5.74) is 3.20. The zero-order chi connectivity index (χ0) is 25.1. The molecule has 1 saturated heterocycles. The first-order chi connectivity index (χ1) is 17.5. The lowest BCUT2D eigenvalue weighted by molar-refractivity contribution is 0.0529. The molecule has 0 bridgehead atoms. The fourth-order valence-electron chi connectivity index (χ4n) is 4.17. The number of fused-ring (bicyclic) bond motifs is 1. The minimum atomic E-state index is -0.639. The molecule has 36 heavy (non-hydrogen) atoms. The third-order valence-electron chi connectivity index (χ3n) is 6.16. The van der Waals surface area contributed by atoms with E-state index in [4.69, 9.17) is 0 Å². The highest BCUT2D eigenvalue weighted by Crippen LogP contribution is 2.29. The number of para-hydroxylation sites is 1. The van der Waals surface area contributed by atoms with E-state index in [1.807, 2.05) is 49.4 Å². The van der Waals surface area contributed by atoms with Gasteiger partial charge in [-0.2, -0.15) is 0 Å². The van der Waals surface area contributed by atoms with Crippen LogP contribution in [-0.2, 0) is 0 Å². The highest BCUT2D eigenvalue weighted by molar-refractivity contribution is 8.00. The van der Waals surface area contributed by atoms with Gasteiger partial charge in [0.15, 0.2) is 11.5 Å². The SMILES string of the molecule is Cc1cc(C(=O)N2CCN(C(=O)c3ncccc3F)CC2)ccc1NSc1cccc2cccnc12. The van der Waals surface area contributed by atoms with Gasteiger partial charge in [0, 0.05) is 55.2 Å². The lowest BCUT2D eigenvalue weighted by atomic mass is 10.1. The summed E-state index contributed by atoms with van der Waals surface area (Å²) < 4.78 is 17.3. The Bertz CT molecular complexity index is 1430. The molecule has 1 aliphatic rings. The average Bonchev–Trinajstić information content (AvgIpc) is 2.92. The molecule has 0 aliphatic carbocycles. The van der Waals surface area contributed by atoms with E-state index in [1.54, 1.807) is 17.2 Å². The lowest BCUT2D eigenvalue weighted by Crippen LogP contribution is -2.50. The molecular formula is C27H24FN5O2S. The number of hydrogen-bond acceptors (Lipinski definition) is 6. The molecule has 0 saturated carbocycles. The monoisotopic (exact) mass is 501 g/mol. The molecule has 1 aliphatic heterocycles. The number of benzene rings is 2. The van der Waals surface area contributed by atoms with Gasteiger partial charge in [0.25, 0.3) is 11.8 Å². The summed E-state index contributed by atoms with van der Waals surface area (Å²) >= 11 is 1.48. The van der Waals surface area contributed by atoms with E-state index in [0.29, 0.717) is 31.7 Å². The predicted octanol–water partition coefficient (Wildman–Crippen LogP) is 4.79. The Labute approximate surface area is 212 Å². The van der Waals surface area contributed by atoms with Crippen LogP contribution in [0.15, 0.2) is 78.0 Å². The van der Waals surface area contributed by atoms with Gasteiger partial charge in [0.2, 0.25) is 0 Å². The van der Waals surface area contributed by atoms with Crippen molar-refractivity contribution < 1.29 is 14.0 Å². The average molecular weight is 502 g/mol. The molecule has 7 nitrogen and oxygen atoms in total. The molecule has 2 amide bonds. The molecule has 3 heterocycles. The standard InChI is InChI=1S/C27H24FN5O2S/c1-18-17-20(9-10-22(18)31-36-23-8-2-5-19-6-3-11-29-24(19)23)26(34)32-13-15-33(16-14-32)27(35)25-21(28)7-4-12-30-25/h2-12,17,31H,13-16H2,1H3. The Morgan fingerprint density at radius 2 is 1.58 bits per heavy atom. The van der Waals surface area contributed by atoms with Crippen molar-refractivity contribution in [2.24, 2.45) is 0 Å². The van der Waals surface area contributed by atoms with Gasteiger partial charge in [-0.15, -0.1) is 0 Å². The number of nitrogens with one attached hydrogen (secondary N) is 1. The fraction of sp³-hybridized carbons (Fsp3) is 0.185. The summed E-state index contributed by atoms with van der Waals surface area (Å²) in [6.07, 6.45) is 3.18. The second-order valence-corrected chi connectivity index (χ2v) is 9.33. The van der Waals surface area contributed by atoms with Crippen LogP contribution < -0.4 is 4.72 Å². The first kappa shape index (κ1) is 23.7. The molecule has 1 fully saturated rings. The molecule has 182 valence electrons. The molecule has 0 spiro atoms. The summed E-state index contributed by atoms with van der Waals surface area (Å²) in [6.45, 7) is 3.37. The van der Waals surface area contributed by atoms with Crippen LogP contribution in [-0.4, -0.2) is 57.8 Å². The number of rotatable bonds is 5. The van der Waals surface area contributed by atoms with Crippen molar-refractivity contribution in [3.8, 4) is 0 Å².